The fourth-order valence-corrected chi connectivity index (χ4v) is 2.39. The molecule has 0 spiro atoms. The molecule has 4 nitrogen and oxygen atoms in total. The largest absolute Gasteiger partial charge is 0.380 e. The summed E-state index contributed by atoms with van der Waals surface area (Å²) in [5, 5.41) is 14.6. The average molecular weight is 342 g/mol. The summed E-state index contributed by atoms with van der Waals surface area (Å²) in [7, 11) is 0. The van der Waals surface area contributed by atoms with Crippen LogP contribution in [-0.4, -0.2) is 4.92 Å². The quantitative estimate of drug-likeness (QED) is 0.652. The molecule has 0 aliphatic heterocycles. The van der Waals surface area contributed by atoms with Gasteiger partial charge in [-0.3, -0.25) is 10.1 Å². The summed E-state index contributed by atoms with van der Waals surface area (Å²) >= 11 is 9.29. The Balaban J connectivity index is 2.19. The predicted octanol–water partition coefficient (Wildman–Crippen LogP) is 4.62. The molecule has 98 valence electrons. The lowest BCUT2D eigenvalue weighted by molar-refractivity contribution is -0.385. The van der Waals surface area contributed by atoms with E-state index in [9.17, 15) is 10.1 Å². The molecule has 0 saturated carbocycles. The maximum Gasteiger partial charge on any atom is 0.283 e. The second kappa shape index (κ2) is 6.04. The van der Waals surface area contributed by atoms with E-state index < -0.39 is 4.92 Å². The van der Waals surface area contributed by atoms with Gasteiger partial charge in [0.15, 0.2) is 0 Å². The molecule has 0 saturated heterocycles. The summed E-state index contributed by atoms with van der Waals surface area (Å²) in [5.41, 5.74) is 1.65. The van der Waals surface area contributed by atoms with Crippen LogP contribution in [0.2, 0.25) is 5.02 Å². The van der Waals surface area contributed by atoms with E-state index in [0.717, 1.165) is 11.3 Å². The first-order valence-electron chi connectivity index (χ1n) is 5.50. The lowest BCUT2D eigenvalue weighted by Crippen LogP contribution is -2.02. The van der Waals surface area contributed by atoms with Gasteiger partial charge >= 0.3 is 0 Å². The second-order valence-corrected chi connectivity index (χ2v) is 5.04. The number of halogens is 2. The van der Waals surface area contributed by atoms with Crippen molar-refractivity contribution >= 4 is 38.9 Å². The number of hydrogen-bond acceptors (Lipinski definition) is 3. The molecule has 2 rings (SSSR count). The molecule has 0 fully saturated rings. The van der Waals surface area contributed by atoms with E-state index in [1.807, 2.05) is 24.3 Å². The van der Waals surface area contributed by atoms with Crippen LogP contribution in [0.3, 0.4) is 0 Å². The second-order valence-electron chi connectivity index (χ2n) is 3.84. The van der Waals surface area contributed by atoms with Crippen LogP contribution in [0.1, 0.15) is 5.56 Å². The fraction of sp³-hybridized carbons (Fsp3) is 0.0769. The lowest BCUT2D eigenvalue weighted by atomic mass is 10.2. The van der Waals surface area contributed by atoms with E-state index in [1.165, 1.54) is 6.07 Å². The molecule has 6 heteroatoms. The van der Waals surface area contributed by atoms with Crippen molar-refractivity contribution in [2.45, 2.75) is 6.54 Å². The zero-order chi connectivity index (χ0) is 13.8. The molecule has 0 aliphatic carbocycles. The van der Waals surface area contributed by atoms with Crippen molar-refractivity contribution in [3.8, 4) is 0 Å². The Hall–Kier alpha value is -1.59. The minimum atomic E-state index is -0.414. The van der Waals surface area contributed by atoms with Gasteiger partial charge in [-0.2, -0.15) is 0 Å². The Morgan fingerprint density at radius 2 is 1.95 bits per heavy atom. The lowest BCUT2D eigenvalue weighted by Gasteiger charge is -2.09. The van der Waals surface area contributed by atoms with Crippen LogP contribution in [0, 0.1) is 10.1 Å². The predicted molar refractivity (Wildman–Crippen MR) is 79.6 cm³/mol. The molecule has 19 heavy (non-hydrogen) atoms. The van der Waals surface area contributed by atoms with Crippen molar-refractivity contribution < 1.29 is 4.92 Å². The summed E-state index contributed by atoms with van der Waals surface area (Å²) in [6, 6.07) is 12.3. The zero-order valence-corrected chi connectivity index (χ0v) is 12.1. The van der Waals surface area contributed by atoms with Crippen molar-refractivity contribution in [2.24, 2.45) is 0 Å². The number of rotatable bonds is 4. The van der Waals surface area contributed by atoms with Crippen LogP contribution in [-0.2, 0) is 6.54 Å². The van der Waals surface area contributed by atoms with Crippen molar-refractivity contribution in [2.75, 3.05) is 5.32 Å². The number of nitrogens with zero attached hydrogens (tertiary/aromatic N) is 1. The van der Waals surface area contributed by atoms with E-state index in [1.54, 1.807) is 12.1 Å². The number of nitro groups is 1. The minimum Gasteiger partial charge on any atom is -0.380 e. The number of nitrogens with one attached hydrogen (secondary N) is 1. The van der Waals surface area contributed by atoms with Crippen LogP contribution in [0.5, 0.6) is 0 Å². The van der Waals surface area contributed by atoms with Crippen LogP contribution in [0.4, 0.5) is 11.4 Å². The molecule has 0 unspecified atom stereocenters. The molecule has 2 aromatic carbocycles. The molecule has 0 radical (unpaired) electrons. The summed E-state index contributed by atoms with van der Waals surface area (Å²) < 4.78 is 0.486. The van der Waals surface area contributed by atoms with E-state index in [4.69, 9.17) is 11.6 Å². The Kier molecular flexibility index (Phi) is 4.39. The van der Waals surface area contributed by atoms with Gasteiger partial charge in [0, 0.05) is 12.6 Å². The molecule has 0 aromatic heterocycles. The van der Waals surface area contributed by atoms with E-state index >= 15 is 0 Å². The maximum atomic E-state index is 10.8. The highest BCUT2D eigenvalue weighted by molar-refractivity contribution is 9.10. The average Bonchev–Trinajstić information content (AvgIpc) is 2.39. The van der Waals surface area contributed by atoms with Crippen molar-refractivity contribution in [1.29, 1.82) is 0 Å². The minimum absolute atomic E-state index is 0.0541. The van der Waals surface area contributed by atoms with Gasteiger partial charge in [0.25, 0.3) is 5.69 Å². The van der Waals surface area contributed by atoms with Crippen LogP contribution >= 0.6 is 27.5 Å². The van der Waals surface area contributed by atoms with Crippen molar-refractivity contribution in [3.05, 3.63) is 67.6 Å². The zero-order valence-electron chi connectivity index (χ0n) is 9.77. The van der Waals surface area contributed by atoms with Crippen LogP contribution in [0.25, 0.3) is 0 Å². The smallest absolute Gasteiger partial charge is 0.283 e. The maximum absolute atomic E-state index is 10.8. The Morgan fingerprint density at radius 3 is 2.63 bits per heavy atom. The van der Waals surface area contributed by atoms with Gasteiger partial charge in [-0.05, 0) is 33.6 Å². The number of benzene rings is 2. The van der Waals surface area contributed by atoms with E-state index in [0.29, 0.717) is 16.0 Å². The first-order valence-corrected chi connectivity index (χ1v) is 6.67. The molecule has 0 amide bonds. The van der Waals surface area contributed by atoms with Gasteiger partial charge in [0.2, 0.25) is 0 Å². The normalized spacial score (nSPS) is 10.2. The fourth-order valence-electron chi connectivity index (χ4n) is 1.64. The third-order valence-corrected chi connectivity index (χ3v) is 3.84. The third-order valence-electron chi connectivity index (χ3n) is 2.60. The molecule has 1 N–H and O–H groups in total. The topological polar surface area (TPSA) is 55.2 Å². The molecular weight excluding hydrogens is 332 g/mol. The molecule has 0 atom stereocenters. The Morgan fingerprint density at radius 1 is 1.21 bits per heavy atom. The van der Waals surface area contributed by atoms with Gasteiger partial charge in [-0.1, -0.05) is 35.9 Å². The van der Waals surface area contributed by atoms with Gasteiger partial charge in [0.1, 0.15) is 4.47 Å². The number of nitro benzene ring substituents is 1. The Bertz CT molecular complexity index is 619. The summed E-state index contributed by atoms with van der Waals surface area (Å²) in [5.74, 6) is 0. The Labute approximate surface area is 123 Å². The molecule has 2 aromatic rings. The summed E-state index contributed by atoms with van der Waals surface area (Å²) in [6.45, 7) is 0.450. The third kappa shape index (κ3) is 3.24. The highest BCUT2D eigenvalue weighted by atomic mass is 79.9. The SMILES string of the molecule is O=[N+]([O-])c1cccc(CNc2ccccc2Cl)c1Br. The van der Waals surface area contributed by atoms with E-state index in [2.05, 4.69) is 21.2 Å². The van der Waals surface area contributed by atoms with Gasteiger partial charge in [-0.25, -0.2) is 0 Å². The van der Waals surface area contributed by atoms with E-state index in [-0.39, 0.29) is 5.69 Å². The van der Waals surface area contributed by atoms with Crippen LogP contribution < -0.4 is 5.32 Å². The van der Waals surface area contributed by atoms with Gasteiger partial charge in [0.05, 0.1) is 15.6 Å². The standard InChI is InChI=1S/C13H10BrClN2O2/c14-13-9(4-3-7-12(13)17(18)19)8-16-11-6-2-1-5-10(11)15/h1-7,16H,8H2. The van der Waals surface area contributed by atoms with Gasteiger partial charge in [-0.15, -0.1) is 0 Å². The highest BCUT2D eigenvalue weighted by Gasteiger charge is 2.14. The summed E-state index contributed by atoms with van der Waals surface area (Å²) in [6.07, 6.45) is 0. The molecule has 0 bridgehead atoms. The number of hydrogen-bond donors (Lipinski definition) is 1. The van der Waals surface area contributed by atoms with Crippen molar-refractivity contribution in [3.63, 3.8) is 0 Å². The highest BCUT2D eigenvalue weighted by Crippen LogP contribution is 2.29. The summed E-state index contributed by atoms with van der Waals surface area (Å²) in [4.78, 5) is 10.4. The first kappa shape index (κ1) is 13.8. The monoisotopic (exact) mass is 340 g/mol. The molecule has 0 heterocycles. The van der Waals surface area contributed by atoms with Crippen LogP contribution in [0.15, 0.2) is 46.9 Å². The number of para-hydroxylation sites is 1. The van der Waals surface area contributed by atoms with Gasteiger partial charge < -0.3 is 5.32 Å². The number of anilines is 1. The molecule has 0 aliphatic rings. The molecular formula is C13H10BrClN2O2. The van der Waals surface area contributed by atoms with Crippen molar-refractivity contribution in [1.82, 2.24) is 0 Å². The first-order chi connectivity index (χ1) is 9.09.